The Kier molecular flexibility index (Phi) is 5.22. The molecule has 4 nitrogen and oxygen atoms in total. The van der Waals surface area contributed by atoms with E-state index in [2.05, 4.69) is 23.0 Å². The molecule has 4 heteroatoms. The van der Waals surface area contributed by atoms with Crippen LogP contribution in [-0.4, -0.2) is 41.4 Å². The van der Waals surface area contributed by atoms with Crippen molar-refractivity contribution in [2.75, 3.05) is 20.2 Å². The van der Waals surface area contributed by atoms with Crippen LogP contribution < -0.4 is 4.74 Å². The van der Waals surface area contributed by atoms with Gasteiger partial charge in [0.15, 0.2) is 11.5 Å². The van der Waals surface area contributed by atoms with Crippen LogP contribution >= 0.6 is 0 Å². The molecule has 0 aliphatic carbocycles. The second-order valence-electron chi connectivity index (χ2n) is 7.21. The molecular formula is C22H25NO3. The van der Waals surface area contributed by atoms with Gasteiger partial charge in [0.25, 0.3) is 0 Å². The zero-order valence-electron chi connectivity index (χ0n) is 15.2. The molecule has 0 unspecified atom stereocenters. The predicted molar refractivity (Wildman–Crippen MR) is 102 cm³/mol. The van der Waals surface area contributed by atoms with Gasteiger partial charge in [0, 0.05) is 31.0 Å². The maximum absolute atomic E-state index is 10.6. The van der Waals surface area contributed by atoms with Gasteiger partial charge in [-0.15, -0.1) is 6.42 Å². The van der Waals surface area contributed by atoms with Crippen molar-refractivity contribution in [2.45, 2.75) is 25.5 Å². The normalized spacial score (nSPS) is 24.2. The lowest BCUT2D eigenvalue weighted by molar-refractivity contribution is 0.0774. The average molecular weight is 351 g/mol. The molecule has 1 saturated heterocycles. The molecule has 26 heavy (non-hydrogen) atoms. The minimum atomic E-state index is -0.863. The van der Waals surface area contributed by atoms with Gasteiger partial charge in [0.2, 0.25) is 0 Å². The first-order valence-electron chi connectivity index (χ1n) is 8.75. The van der Waals surface area contributed by atoms with E-state index in [0.29, 0.717) is 12.3 Å². The Balaban J connectivity index is 1.90. The molecule has 0 radical (unpaired) electrons. The minimum Gasteiger partial charge on any atom is -0.504 e. The first-order chi connectivity index (χ1) is 12.5. The third-order valence-corrected chi connectivity index (χ3v) is 5.44. The summed E-state index contributed by atoms with van der Waals surface area (Å²) in [5, 5.41) is 20.7. The van der Waals surface area contributed by atoms with Crippen molar-refractivity contribution in [3.63, 3.8) is 0 Å². The van der Waals surface area contributed by atoms with Gasteiger partial charge in [-0.2, -0.15) is 0 Å². The average Bonchev–Trinajstić information content (AvgIpc) is 2.99. The van der Waals surface area contributed by atoms with Crippen molar-refractivity contribution in [1.82, 2.24) is 4.90 Å². The van der Waals surface area contributed by atoms with E-state index in [4.69, 9.17) is 11.2 Å². The van der Waals surface area contributed by atoms with E-state index in [1.54, 1.807) is 12.1 Å². The van der Waals surface area contributed by atoms with Gasteiger partial charge in [-0.05, 0) is 23.3 Å². The standard InChI is InChI=1S/C22H25NO3/c1-4-21(25)22(2)15-23(13-16-8-6-5-7-9-16)14-18(22)17-10-11-20(26-3)19(24)12-17/h1,5-12,18,21,24-25H,13-15H2,2-3H3/t18-,21-,22+/m0/s1. The van der Waals surface area contributed by atoms with Crippen LogP contribution in [0, 0.1) is 17.8 Å². The number of methoxy groups -OCH3 is 1. The Bertz CT molecular complexity index is 799. The molecule has 1 aliphatic heterocycles. The molecule has 136 valence electrons. The fourth-order valence-electron chi connectivity index (χ4n) is 3.96. The van der Waals surface area contributed by atoms with E-state index in [-0.39, 0.29) is 11.7 Å². The summed E-state index contributed by atoms with van der Waals surface area (Å²) in [7, 11) is 1.53. The summed E-state index contributed by atoms with van der Waals surface area (Å²) in [5.74, 6) is 3.06. The molecule has 2 aromatic carbocycles. The lowest BCUT2D eigenvalue weighted by Crippen LogP contribution is -2.38. The van der Waals surface area contributed by atoms with Crippen molar-refractivity contribution < 1.29 is 14.9 Å². The number of hydrogen-bond donors (Lipinski definition) is 2. The van der Waals surface area contributed by atoms with E-state index in [1.165, 1.54) is 12.7 Å². The lowest BCUT2D eigenvalue weighted by Gasteiger charge is -2.33. The first kappa shape index (κ1) is 18.3. The van der Waals surface area contributed by atoms with Crippen LogP contribution in [-0.2, 0) is 6.54 Å². The number of aliphatic hydroxyl groups excluding tert-OH is 1. The topological polar surface area (TPSA) is 52.9 Å². The molecule has 1 heterocycles. The van der Waals surface area contributed by atoms with Gasteiger partial charge in [0.05, 0.1) is 7.11 Å². The highest BCUT2D eigenvalue weighted by atomic mass is 16.5. The number of phenolic OH excluding ortho intramolecular Hbond substituents is 1. The second-order valence-corrected chi connectivity index (χ2v) is 7.21. The number of benzene rings is 2. The molecule has 1 aliphatic rings. The number of rotatable bonds is 5. The number of aliphatic hydroxyl groups is 1. The summed E-state index contributed by atoms with van der Waals surface area (Å²) in [6, 6.07) is 15.7. The Hall–Kier alpha value is -2.48. The maximum Gasteiger partial charge on any atom is 0.160 e. The van der Waals surface area contributed by atoms with Crippen LogP contribution in [0.25, 0.3) is 0 Å². The third-order valence-electron chi connectivity index (χ3n) is 5.44. The second kappa shape index (κ2) is 7.41. The van der Waals surface area contributed by atoms with Crippen LogP contribution in [0.1, 0.15) is 24.0 Å². The van der Waals surface area contributed by atoms with Crippen LogP contribution in [0.5, 0.6) is 11.5 Å². The number of aromatic hydroxyl groups is 1. The number of likely N-dealkylation sites (tertiary alicyclic amines) is 1. The Morgan fingerprint density at radius 1 is 1.31 bits per heavy atom. The van der Waals surface area contributed by atoms with Crippen LogP contribution in [0.3, 0.4) is 0 Å². The number of ether oxygens (including phenoxy) is 1. The van der Waals surface area contributed by atoms with Crippen LogP contribution in [0.15, 0.2) is 48.5 Å². The Morgan fingerprint density at radius 2 is 2.04 bits per heavy atom. The van der Waals surface area contributed by atoms with E-state index in [0.717, 1.165) is 18.7 Å². The molecule has 1 fully saturated rings. The maximum atomic E-state index is 10.6. The summed E-state index contributed by atoms with van der Waals surface area (Å²) in [5.41, 5.74) is 1.68. The molecule has 3 atom stereocenters. The van der Waals surface area contributed by atoms with E-state index < -0.39 is 11.5 Å². The molecule has 0 aromatic heterocycles. The zero-order valence-corrected chi connectivity index (χ0v) is 15.2. The predicted octanol–water partition coefficient (Wildman–Crippen LogP) is 3.00. The molecule has 3 rings (SSSR count). The minimum absolute atomic E-state index is 0.00840. The van der Waals surface area contributed by atoms with Crippen molar-refractivity contribution >= 4 is 0 Å². The highest BCUT2D eigenvalue weighted by Gasteiger charge is 2.48. The largest absolute Gasteiger partial charge is 0.504 e. The van der Waals surface area contributed by atoms with Gasteiger partial charge in [-0.3, -0.25) is 4.90 Å². The number of phenols is 1. The van der Waals surface area contributed by atoms with E-state index >= 15 is 0 Å². The van der Waals surface area contributed by atoms with Gasteiger partial charge >= 0.3 is 0 Å². The monoisotopic (exact) mass is 351 g/mol. The van der Waals surface area contributed by atoms with E-state index in [9.17, 15) is 10.2 Å². The fourth-order valence-corrected chi connectivity index (χ4v) is 3.96. The van der Waals surface area contributed by atoms with Crippen molar-refractivity contribution in [2.24, 2.45) is 5.41 Å². The lowest BCUT2D eigenvalue weighted by atomic mass is 9.72. The van der Waals surface area contributed by atoms with Crippen LogP contribution in [0.4, 0.5) is 0 Å². The summed E-state index contributed by atoms with van der Waals surface area (Å²) < 4.78 is 5.14. The molecular weight excluding hydrogens is 326 g/mol. The number of terminal acetylenes is 1. The fraction of sp³-hybridized carbons (Fsp3) is 0.364. The third kappa shape index (κ3) is 3.41. The van der Waals surface area contributed by atoms with Crippen molar-refractivity contribution in [3.8, 4) is 23.8 Å². The number of hydrogen-bond acceptors (Lipinski definition) is 4. The molecule has 0 spiro atoms. The first-order valence-corrected chi connectivity index (χ1v) is 8.75. The molecule has 0 bridgehead atoms. The SMILES string of the molecule is C#C[C@H](O)[C@]1(C)CN(Cc2ccccc2)C[C@H]1c1ccc(OC)c(O)c1. The Morgan fingerprint density at radius 3 is 2.65 bits per heavy atom. The van der Waals surface area contributed by atoms with Gasteiger partial charge in [-0.25, -0.2) is 0 Å². The summed E-state index contributed by atoms with van der Waals surface area (Å²) in [4.78, 5) is 2.31. The van der Waals surface area contributed by atoms with Crippen molar-refractivity contribution in [3.05, 3.63) is 59.7 Å². The smallest absolute Gasteiger partial charge is 0.160 e. The molecule has 2 N–H and O–H groups in total. The van der Waals surface area contributed by atoms with Crippen molar-refractivity contribution in [1.29, 1.82) is 0 Å². The highest BCUT2D eigenvalue weighted by Crippen LogP contribution is 2.46. The summed E-state index contributed by atoms with van der Waals surface area (Å²) in [6.45, 7) is 4.27. The van der Waals surface area contributed by atoms with Gasteiger partial charge < -0.3 is 14.9 Å². The molecule has 0 saturated carbocycles. The summed E-state index contributed by atoms with van der Waals surface area (Å²) >= 11 is 0. The quantitative estimate of drug-likeness (QED) is 0.813. The van der Waals surface area contributed by atoms with Gasteiger partial charge in [-0.1, -0.05) is 49.2 Å². The molecule has 2 aromatic rings. The highest BCUT2D eigenvalue weighted by molar-refractivity contribution is 5.44. The Labute approximate surface area is 155 Å². The summed E-state index contributed by atoms with van der Waals surface area (Å²) in [6.07, 6.45) is 4.70. The number of nitrogens with zero attached hydrogens (tertiary/aromatic N) is 1. The molecule has 0 amide bonds. The van der Waals surface area contributed by atoms with Crippen LogP contribution in [0.2, 0.25) is 0 Å². The zero-order chi connectivity index (χ0) is 18.7. The van der Waals surface area contributed by atoms with Gasteiger partial charge in [0.1, 0.15) is 6.10 Å². The van der Waals surface area contributed by atoms with E-state index in [1.807, 2.05) is 31.2 Å².